The van der Waals surface area contributed by atoms with Gasteiger partial charge in [-0.15, -0.1) is 0 Å². The van der Waals surface area contributed by atoms with Crippen LogP contribution in [0, 0.1) is 17.7 Å². The van der Waals surface area contributed by atoms with Gasteiger partial charge in [-0.25, -0.2) is 4.39 Å². The molecule has 2 aliphatic rings. The van der Waals surface area contributed by atoms with Crippen LogP contribution in [0.15, 0.2) is 30.5 Å². The molecule has 1 aromatic carbocycles. The Morgan fingerprint density at radius 2 is 2.20 bits per heavy atom. The van der Waals surface area contributed by atoms with Crippen molar-refractivity contribution >= 4 is 5.78 Å². The molecule has 1 aliphatic carbocycles. The molecule has 1 aliphatic heterocycles. The minimum Gasteiger partial charge on any atom is -0.510 e. The summed E-state index contributed by atoms with van der Waals surface area (Å²) in [6.45, 7) is 7.71. The average Bonchev–Trinajstić information content (AvgIpc) is 3.19. The van der Waals surface area contributed by atoms with Crippen LogP contribution in [0.25, 0.3) is 0 Å². The van der Waals surface area contributed by atoms with Crippen molar-refractivity contribution in [2.45, 2.75) is 64.1 Å². The van der Waals surface area contributed by atoms with Crippen LogP contribution in [-0.4, -0.2) is 22.6 Å². The molecule has 2 fully saturated rings. The molecule has 4 unspecified atom stereocenters. The fraction of sp³-hybridized carbons (Fsp3) is 0.571. The van der Waals surface area contributed by atoms with Gasteiger partial charge in [-0.3, -0.25) is 4.79 Å². The lowest BCUT2D eigenvalue weighted by molar-refractivity contribution is -0.118. The quantitative estimate of drug-likeness (QED) is 0.555. The zero-order valence-corrected chi connectivity index (χ0v) is 15.1. The van der Waals surface area contributed by atoms with Gasteiger partial charge in [0.05, 0.1) is 6.10 Å². The standard InChI is InChI=1S/C21H27FO3/c1-4-18(24)8-6-15-5-7-17(22)12-16(15)11-13(2)19-9-10-20-21(19,25-20)14(3)23/h5,7,12-13,19-20,23H,3-4,6,8-11H2,1-2H3. The fourth-order valence-corrected chi connectivity index (χ4v) is 4.49. The van der Waals surface area contributed by atoms with Gasteiger partial charge in [0.15, 0.2) is 5.60 Å². The van der Waals surface area contributed by atoms with Crippen molar-refractivity contribution in [1.29, 1.82) is 0 Å². The Morgan fingerprint density at radius 3 is 2.84 bits per heavy atom. The number of carbonyl (C=O) groups is 1. The summed E-state index contributed by atoms with van der Waals surface area (Å²) in [5.41, 5.74) is 1.42. The second-order valence-electron chi connectivity index (χ2n) is 7.52. The summed E-state index contributed by atoms with van der Waals surface area (Å²) in [6, 6.07) is 4.85. The van der Waals surface area contributed by atoms with E-state index in [-0.39, 0.29) is 35.3 Å². The SMILES string of the molecule is C=C(O)C12OC1CCC2C(C)Cc1cc(F)ccc1CCC(=O)CC. The number of hydrogen-bond donors (Lipinski definition) is 1. The number of hydrogen-bond acceptors (Lipinski definition) is 3. The van der Waals surface area contributed by atoms with Gasteiger partial charge in [-0.05, 0) is 54.9 Å². The normalized spacial score (nSPS) is 28.4. The third-order valence-electron chi connectivity index (χ3n) is 5.96. The van der Waals surface area contributed by atoms with E-state index in [1.165, 1.54) is 6.07 Å². The number of epoxide rings is 1. The van der Waals surface area contributed by atoms with E-state index in [4.69, 9.17) is 4.74 Å². The van der Waals surface area contributed by atoms with Crippen LogP contribution in [-0.2, 0) is 22.4 Å². The van der Waals surface area contributed by atoms with Gasteiger partial charge in [-0.2, -0.15) is 0 Å². The minimum atomic E-state index is -0.578. The number of rotatable bonds is 8. The molecule has 4 heteroatoms. The third-order valence-corrected chi connectivity index (χ3v) is 5.96. The molecular formula is C21H27FO3. The molecule has 1 saturated carbocycles. The topological polar surface area (TPSA) is 49.8 Å². The van der Waals surface area contributed by atoms with Crippen molar-refractivity contribution in [2.75, 3.05) is 0 Å². The monoisotopic (exact) mass is 346 g/mol. The maximum atomic E-state index is 13.8. The van der Waals surface area contributed by atoms with Gasteiger partial charge < -0.3 is 9.84 Å². The minimum absolute atomic E-state index is 0.0894. The van der Waals surface area contributed by atoms with Crippen molar-refractivity contribution in [3.05, 3.63) is 47.5 Å². The summed E-state index contributed by atoms with van der Waals surface area (Å²) < 4.78 is 19.5. The van der Waals surface area contributed by atoms with E-state index < -0.39 is 5.60 Å². The van der Waals surface area contributed by atoms with Crippen molar-refractivity contribution in [1.82, 2.24) is 0 Å². The second kappa shape index (κ2) is 6.91. The van der Waals surface area contributed by atoms with Crippen molar-refractivity contribution in [3.63, 3.8) is 0 Å². The van der Waals surface area contributed by atoms with E-state index in [1.54, 1.807) is 12.1 Å². The Labute approximate surface area is 148 Å². The van der Waals surface area contributed by atoms with Crippen LogP contribution in [0.4, 0.5) is 4.39 Å². The molecular weight excluding hydrogens is 319 g/mol. The van der Waals surface area contributed by atoms with Crippen molar-refractivity contribution in [3.8, 4) is 0 Å². The highest BCUT2D eigenvalue weighted by atomic mass is 19.1. The third kappa shape index (κ3) is 3.37. The number of aliphatic hydroxyl groups is 1. The van der Waals surface area contributed by atoms with E-state index in [2.05, 4.69) is 13.5 Å². The molecule has 0 radical (unpaired) electrons. The van der Waals surface area contributed by atoms with Crippen molar-refractivity contribution < 1.29 is 19.0 Å². The molecule has 25 heavy (non-hydrogen) atoms. The average molecular weight is 346 g/mol. The molecule has 1 N–H and O–H groups in total. The van der Waals surface area contributed by atoms with Gasteiger partial charge in [0, 0.05) is 18.8 Å². The number of carbonyl (C=O) groups excluding carboxylic acids is 1. The van der Waals surface area contributed by atoms with Crippen LogP contribution in [0.2, 0.25) is 0 Å². The van der Waals surface area contributed by atoms with E-state index in [0.29, 0.717) is 25.7 Å². The van der Waals surface area contributed by atoms with Crippen LogP contribution >= 0.6 is 0 Å². The molecule has 1 aromatic rings. The van der Waals surface area contributed by atoms with Gasteiger partial charge in [0.25, 0.3) is 0 Å². The van der Waals surface area contributed by atoms with Crippen LogP contribution in [0.3, 0.4) is 0 Å². The largest absolute Gasteiger partial charge is 0.510 e. The number of ether oxygens (including phenoxy) is 1. The zero-order chi connectivity index (χ0) is 18.2. The Kier molecular flexibility index (Phi) is 5.01. The summed E-state index contributed by atoms with van der Waals surface area (Å²) >= 11 is 0. The van der Waals surface area contributed by atoms with Crippen molar-refractivity contribution in [2.24, 2.45) is 11.8 Å². The van der Waals surface area contributed by atoms with E-state index in [9.17, 15) is 14.3 Å². The highest BCUT2D eigenvalue weighted by Crippen LogP contribution is 2.59. The highest BCUT2D eigenvalue weighted by molar-refractivity contribution is 5.78. The lowest BCUT2D eigenvalue weighted by atomic mass is 9.79. The molecule has 1 saturated heterocycles. The molecule has 0 amide bonds. The first-order chi connectivity index (χ1) is 11.9. The number of aryl methyl sites for hydroxylation is 1. The zero-order valence-electron chi connectivity index (χ0n) is 15.1. The number of Topliss-reactive ketones (excluding diaryl/α,β-unsaturated/α-hetero) is 1. The van der Waals surface area contributed by atoms with E-state index >= 15 is 0 Å². The first kappa shape index (κ1) is 18.1. The number of benzene rings is 1. The highest BCUT2D eigenvalue weighted by Gasteiger charge is 2.68. The second-order valence-corrected chi connectivity index (χ2v) is 7.52. The van der Waals surface area contributed by atoms with Gasteiger partial charge in [0.2, 0.25) is 0 Å². The molecule has 4 atom stereocenters. The van der Waals surface area contributed by atoms with Crippen LogP contribution in [0.1, 0.15) is 50.7 Å². The maximum absolute atomic E-state index is 13.8. The van der Waals surface area contributed by atoms with E-state index in [1.807, 2.05) is 6.92 Å². The molecule has 0 spiro atoms. The van der Waals surface area contributed by atoms with E-state index in [0.717, 1.165) is 24.0 Å². The van der Waals surface area contributed by atoms with Crippen LogP contribution in [0.5, 0.6) is 0 Å². The molecule has 1 heterocycles. The first-order valence-corrected chi connectivity index (χ1v) is 9.23. The summed E-state index contributed by atoms with van der Waals surface area (Å²) in [7, 11) is 0. The number of fused-ring (bicyclic) bond motifs is 1. The summed E-state index contributed by atoms with van der Waals surface area (Å²) in [6.07, 6.45) is 4.41. The van der Waals surface area contributed by atoms with Gasteiger partial charge in [0.1, 0.15) is 17.4 Å². The Morgan fingerprint density at radius 1 is 1.44 bits per heavy atom. The Hall–Kier alpha value is -1.68. The first-order valence-electron chi connectivity index (χ1n) is 9.23. The predicted octanol–water partition coefficient (Wildman–Crippen LogP) is 4.54. The van der Waals surface area contributed by atoms with Crippen LogP contribution < -0.4 is 0 Å². The lowest BCUT2D eigenvalue weighted by Crippen LogP contribution is -2.30. The number of aliphatic hydroxyl groups excluding tert-OH is 1. The molecule has 3 rings (SSSR count). The smallest absolute Gasteiger partial charge is 0.154 e. The number of halogens is 1. The molecule has 0 aromatic heterocycles. The van der Waals surface area contributed by atoms with Gasteiger partial charge >= 0.3 is 0 Å². The summed E-state index contributed by atoms with van der Waals surface area (Å²) in [5.74, 6) is 0.534. The Balaban J connectivity index is 1.74. The summed E-state index contributed by atoms with van der Waals surface area (Å²) in [5, 5.41) is 9.99. The van der Waals surface area contributed by atoms with Gasteiger partial charge in [-0.1, -0.05) is 26.5 Å². The lowest BCUT2D eigenvalue weighted by Gasteiger charge is -2.27. The molecule has 136 valence electrons. The summed E-state index contributed by atoms with van der Waals surface area (Å²) in [4.78, 5) is 11.6. The fourth-order valence-electron chi connectivity index (χ4n) is 4.49. The predicted molar refractivity (Wildman–Crippen MR) is 95.0 cm³/mol. The number of ketones is 1. The Bertz CT molecular complexity index is 684. The molecule has 0 bridgehead atoms. The maximum Gasteiger partial charge on any atom is 0.154 e. The molecule has 3 nitrogen and oxygen atoms in total.